The van der Waals surface area contributed by atoms with Gasteiger partial charge in [-0.3, -0.25) is 9.89 Å². The van der Waals surface area contributed by atoms with E-state index in [1.54, 1.807) is 13.3 Å². The number of aromatic amines is 1. The van der Waals surface area contributed by atoms with Crippen LogP contribution in [0.4, 0.5) is 5.69 Å². The van der Waals surface area contributed by atoms with Crippen molar-refractivity contribution in [2.24, 2.45) is 5.92 Å². The number of nitrogens with zero attached hydrogens (tertiary/aromatic N) is 2. The lowest BCUT2D eigenvalue weighted by molar-refractivity contribution is -0.120. The highest BCUT2D eigenvalue weighted by Crippen LogP contribution is 2.35. The smallest absolute Gasteiger partial charge is 0.230 e. The van der Waals surface area contributed by atoms with Crippen molar-refractivity contribution in [2.75, 3.05) is 18.6 Å². The minimum Gasteiger partial charge on any atom is -0.496 e. The normalized spacial score (nSPS) is 16.7. The molecule has 3 aromatic rings. The van der Waals surface area contributed by atoms with Crippen molar-refractivity contribution in [2.45, 2.75) is 12.8 Å². The van der Waals surface area contributed by atoms with E-state index in [0.29, 0.717) is 18.0 Å². The molecular formula is C21H20ClN3O2. The van der Waals surface area contributed by atoms with Crippen LogP contribution in [0.25, 0.3) is 11.1 Å². The third-order valence-corrected chi connectivity index (χ3v) is 5.23. The number of hydrogen-bond acceptors (Lipinski definition) is 3. The monoisotopic (exact) mass is 381 g/mol. The maximum Gasteiger partial charge on any atom is 0.230 e. The van der Waals surface area contributed by atoms with E-state index in [-0.39, 0.29) is 11.8 Å². The fourth-order valence-corrected chi connectivity index (χ4v) is 3.83. The Morgan fingerprint density at radius 1 is 1.30 bits per heavy atom. The lowest BCUT2D eigenvalue weighted by Gasteiger charge is -2.19. The molecule has 1 aromatic heterocycles. The van der Waals surface area contributed by atoms with Gasteiger partial charge in [0.15, 0.2) is 0 Å². The lowest BCUT2D eigenvalue weighted by Crippen LogP contribution is -2.27. The Morgan fingerprint density at radius 3 is 2.93 bits per heavy atom. The van der Waals surface area contributed by atoms with Crippen LogP contribution in [0.2, 0.25) is 5.02 Å². The van der Waals surface area contributed by atoms with E-state index in [4.69, 9.17) is 16.3 Å². The van der Waals surface area contributed by atoms with Gasteiger partial charge in [0.05, 0.1) is 13.3 Å². The van der Waals surface area contributed by atoms with Crippen LogP contribution in [-0.2, 0) is 11.2 Å². The van der Waals surface area contributed by atoms with Gasteiger partial charge in [-0.25, -0.2) is 0 Å². The quantitative estimate of drug-likeness (QED) is 0.715. The van der Waals surface area contributed by atoms with Crippen LogP contribution in [0.3, 0.4) is 0 Å². The average molecular weight is 382 g/mol. The van der Waals surface area contributed by atoms with Crippen LogP contribution < -0.4 is 9.64 Å². The lowest BCUT2D eigenvalue weighted by atomic mass is 9.98. The number of rotatable bonds is 5. The first-order valence-electron chi connectivity index (χ1n) is 8.88. The van der Waals surface area contributed by atoms with Crippen molar-refractivity contribution >= 4 is 23.2 Å². The number of ether oxygens (including phenoxy) is 1. The number of methoxy groups -OCH3 is 1. The summed E-state index contributed by atoms with van der Waals surface area (Å²) in [5, 5.41) is 7.50. The number of amides is 1. The molecule has 1 amide bonds. The van der Waals surface area contributed by atoms with E-state index in [9.17, 15) is 4.79 Å². The summed E-state index contributed by atoms with van der Waals surface area (Å²) >= 11 is 6.07. The van der Waals surface area contributed by atoms with Gasteiger partial charge < -0.3 is 9.64 Å². The minimum atomic E-state index is -0.0250. The number of carbonyl (C=O) groups excluding carboxylic acids is 1. The predicted molar refractivity (Wildman–Crippen MR) is 106 cm³/mol. The topological polar surface area (TPSA) is 58.2 Å². The second-order valence-corrected chi connectivity index (χ2v) is 7.12. The zero-order valence-electron chi connectivity index (χ0n) is 15.0. The first kappa shape index (κ1) is 17.6. The first-order chi connectivity index (χ1) is 13.2. The van der Waals surface area contributed by atoms with Crippen LogP contribution in [0.15, 0.2) is 54.9 Å². The Bertz CT molecular complexity index is 956. The summed E-state index contributed by atoms with van der Waals surface area (Å²) < 4.78 is 5.55. The zero-order chi connectivity index (χ0) is 18.8. The molecule has 0 saturated carbocycles. The molecule has 1 saturated heterocycles. The summed E-state index contributed by atoms with van der Waals surface area (Å²) in [4.78, 5) is 14.8. The Kier molecular flexibility index (Phi) is 4.86. The molecule has 1 fully saturated rings. The van der Waals surface area contributed by atoms with Gasteiger partial charge in [0.1, 0.15) is 5.75 Å². The molecule has 1 unspecified atom stereocenters. The molecule has 0 bridgehead atoms. The highest BCUT2D eigenvalue weighted by molar-refractivity contribution is 6.30. The number of nitrogens with one attached hydrogen (secondary N) is 1. The van der Waals surface area contributed by atoms with Gasteiger partial charge in [-0.05, 0) is 42.7 Å². The van der Waals surface area contributed by atoms with Crippen molar-refractivity contribution < 1.29 is 9.53 Å². The zero-order valence-corrected chi connectivity index (χ0v) is 15.7. The number of halogens is 1. The number of aromatic nitrogens is 2. The van der Waals surface area contributed by atoms with Gasteiger partial charge in [-0.2, -0.15) is 5.10 Å². The van der Waals surface area contributed by atoms with Crippen molar-refractivity contribution in [1.82, 2.24) is 10.2 Å². The molecule has 4 rings (SSSR count). The molecule has 0 aliphatic carbocycles. The van der Waals surface area contributed by atoms with E-state index < -0.39 is 0 Å². The number of anilines is 1. The van der Waals surface area contributed by atoms with Crippen LogP contribution in [0.1, 0.15) is 12.0 Å². The highest BCUT2D eigenvalue weighted by Gasteiger charge is 2.32. The Morgan fingerprint density at radius 2 is 2.19 bits per heavy atom. The number of benzene rings is 2. The van der Waals surface area contributed by atoms with E-state index in [2.05, 4.69) is 10.2 Å². The fourth-order valence-electron chi connectivity index (χ4n) is 3.62. The van der Waals surface area contributed by atoms with Crippen molar-refractivity contribution in [3.63, 3.8) is 0 Å². The second-order valence-electron chi connectivity index (χ2n) is 6.68. The Hall–Kier alpha value is -2.79. The molecular weight excluding hydrogens is 362 g/mol. The number of H-pyrrole nitrogens is 1. The molecule has 6 heteroatoms. The summed E-state index contributed by atoms with van der Waals surface area (Å²) in [5.41, 5.74) is 3.84. The SMILES string of the molecule is COc1cc(N2CCC(Cc3cccc(Cl)c3)C2=O)ccc1-c1cn[nH]c1. The largest absolute Gasteiger partial charge is 0.496 e. The third-order valence-electron chi connectivity index (χ3n) is 4.99. The predicted octanol–water partition coefficient (Wildman–Crippen LogP) is 4.33. The van der Waals surface area contributed by atoms with Crippen molar-refractivity contribution in [3.05, 3.63) is 65.4 Å². The van der Waals surface area contributed by atoms with Crippen molar-refractivity contribution in [1.29, 1.82) is 0 Å². The molecule has 2 heterocycles. The Labute approximate surface area is 162 Å². The van der Waals surface area contributed by atoms with Gasteiger partial charge in [-0.1, -0.05) is 23.7 Å². The van der Waals surface area contributed by atoms with Crippen LogP contribution >= 0.6 is 11.6 Å². The molecule has 1 N–H and O–H groups in total. The van der Waals surface area contributed by atoms with E-state index in [1.165, 1.54) is 0 Å². The number of carbonyl (C=O) groups is 1. The minimum absolute atomic E-state index is 0.0250. The highest BCUT2D eigenvalue weighted by atomic mass is 35.5. The molecule has 1 atom stereocenters. The van der Waals surface area contributed by atoms with Gasteiger partial charge >= 0.3 is 0 Å². The molecule has 0 radical (unpaired) electrons. The van der Waals surface area contributed by atoms with Crippen LogP contribution in [-0.4, -0.2) is 29.8 Å². The molecule has 0 spiro atoms. The summed E-state index contributed by atoms with van der Waals surface area (Å²) in [6.45, 7) is 0.707. The molecule has 27 heavy (non-hydrogen) atoms. The molecule has 138 valence electrons. The average Bonchev–Trinajstić information content (AvgIpc) is 3.32. The van der Waals surface area contributed by atoms with E-state index in [1.807, 2.05) is 53.6 Å². The molecule has 1 aliphatic heterocycles. The maximum atomic E-state index is 12.9. The van der Waals surface area contributed by atoms with E-state index >= 15 is 0 Å². The second kappa shape index (κ2) is 7.45. The van der Waals surface area contributed by atoms with Gasteiger partial charge in [0, 0.05) is 46.6 Å². The van der Waals surface area contributed by atoms with E-state index in [0.717, 1.165) is 34.5 Å². The van der Waals surface area contributed by atoms with Gasteiger partial charge in [0.25, 0.3) is 0 Å². The third kappa shape index (κ3) is 3.55. The van der Waals surface area contributed by atoms with Gasteiger partial charge in [-0.15, -0.1) is 0 Å². The first-order valence-corrected chi connectivity index (χ1v) is 9.26. The summed E-state index contributed by atoms with van der Waals surface area (Å²) in [5.74, 6) is 0.844. The van der Waals surface area contributed by atoms with Crippen LogP contribution in [0.5, 0.6) is 5.75 Å². The van der Waals surface area contributed by atoms with Crippen LogP contribution in [0, 0.1) is 5.92 Å². The fraction of sp³-hybridized carbons (Fsp3) is 0.238. The molecule has 2 aromatic carbocycles. The summed E-state index contributed by atoms with van der Waals surface area (Å²) in [7, 11) is 1.64. The standard InChI is InChI=1S/C21H20ClN3O2/c1-27-20-11-18(5-6-19(20)16-12-23-24-13-16)25-8-7-15(21(25)26)9-14-3-2-4-17(22)10-14/h2-6,10-13,15H,7-9H2,1H3,(H,23,24). The van der Waals surface area contributed by atoms with Gasteiger partial charge in [0.2, 0.25) is 5.91 Å². The summed E-state index contributed by atoms with van der Waals surface area (Å²) in [6.07, 6.45) is 5.11. The summed E-state index contributed by atoms with van der Waals surface area (Å²) in [6, 6.07) is 13.6. The number of hydrogen-bond donors (Lipinski definition) is 1. The molecule has 1 aliphatic rings. The maximum absolute atomic E-state index is 12.9. The Balaban J connectivity index is 1.55. The molecule has 5 nitrogen and oxygen atoms in total. The van der Waals surface area contributed by atoms with Crippen molar-refractivity contribution in [3.8, 4) is 16.9 Å².